The first kappa shape index (κ1) is 21.6. The quantitative estimate of drug-likeness (QED) is 0.777. The second-order valence-corrected chi connectivity index (χ2v) is 6.39. The second-order valence-electron chi connectivity index (χ2n) is 5.98. The zero-order valence-corrected chi connectivity index (χ0v) is 15.9. The number of methoxy groups -OCH3 is 1. The van der Waals surface area contributed by atoms with Crippen LogP contribution in [0, 0.1) is 0 Å². The number of para-hydroxylation sites is 1. The molecule has 1 N–H and O–H groups in total. The molecule has 0 radical (unpaired) electrons. The van der Waals surface area contributed by atoms with Crippen LogP contribution in [0.15, 0.2) is 42.5 Å². The standard InChI is InChI=1S/C19H18ClF3N2O3/c1-25(18(27)9-12-5-3-4-6-16(12)28-2)11-17(26)24-13-7-8-15(20)14(10-13)19(21,22)23/h3-8,10H,9,11H2,1-2H3,(H,24,26). The minimum atomic E-state index is -4.64. The summed E-state index contributed by atoms with van der Waals surface area (Å²) in [6, 6.07) is 10.0. The van der Waals surface area contributed by atoms with Crippen molar-refractivity contribution < 1.29 is 27.5 Å². The average Bonchev–Trinajstić information content (AvgIpc) is 2.62. The lowest BCUT2D eigenvalue weighted by Crippen LogP contribution is -2.35. The van der Waals surface area contributed by atoms with Gasteiger partial charge in [-0.05, 0) is 24.3 Å². The van der Waals surface area contributed by atoms with Crippen molar-refractivity contribution in [3.63, 3.8) is 0 Å². The van der Waals surface area contributed by atoms with Gasteiger partial charge in [-0.1, -0.05) is 29.8 Å². The molecule has 0 aliphatic carbocycles. The molecule has 0 unspecified atom stereocenters. The van der Waals surface area contributed by atoms with E-state index in [4.69, 9.17) is 16.3 Å². The summed E-state index contributed by atoms with van der Waals surface area (Å²) in [6.07, 6.45) is -4.62. The molecule has 0 heterocycles. The molecule has 0 aliphatic heterocycles. The molecular formula is C19H18ClF3N2O3. The van der Waals surface area contributed by atoms with E-state index in [-0.39, 0.29) is 24.6 Å². The van der Waals surface area contributed by atoms with Gasteiger partial charge in [0.25, 0.3) is 0 Å². The van der Waals surface area contributed by atoms with E-state index in [1.54, 1.807) is 24.3 Å². The normalized spacial score (nSPS) is 11.1. The van der Waals surface area contributed by atoms with Gasteiger partial charge in [0, 0.05) is 18.3 Å². The summed E-state index contributed by atoms with van der Waals surface area (Å²) in [5.41, 5.74) is -0.449. The number of rotatable bonds is 6. The highest BCUT2D eigenvalue weighted by molar-refractivity contribution is 6.31. The van der Waals surface area contributed by atoms with Crippen LogP contribution in [-0.4, -0.2) is 37.4 Å². The number of carbonyl (C=O) groups excluding carboxylic acids is 2. The van der Waals surface area contributed by atoms with E-state index in [2.05, 4.69) is 5.32 Å². The molecule has 0 spiro atoms. The summed E-state index contributed by atoms with van der Waals surface area (Å²) in [5.74, 6) is -0.424. The van der Waals surface area contributed by atoms with Crippen molar-refractivity contribution in [2.24, 2.45) is 0 Å². The molecule has 0 bridgehead atoms. The van der Waals surface area contributed by atoms with E-state index >= 15 is 0 Å². The van der Waals surface area contributed by atoms with E-state index < -0.39 is 22.7 Å². The van der Waals surface area contributed by atoms with Crippen LogP contribution in [0.1, 0.15) is 11.1 Å². The number of carbonyl (C=O) groups is 2. The van der Waals surface area contributed by atoms with Crippen molar-refractivity contribution in [3.8, 4) is 5.75 Å². The van der Waals surface area contributed by atoms with Crippen LogP contribution in [0.4, 0.5) is 18.9 Å². The summed E-state index contributed by atoms with van der Waals surface area (Å²) in [6.45, 7) is -0.321. The third-order valence-electron chi connectivity index (χ3n) is 3.90. The number of nitrogens with one attached hydrogen (secondary N) is 1. The van der Waals surface area contributed by atoms with Gasteiger partial charge in [0.2, 0.25) is 11.8 Å². The maximum absolute atomic E-state index is 12.9. The molecule has 0 saturated heterocycles. The largest absolute Gasteiger partial charge is 0.496 e. The van der Waals surface area contributed by atoms with Crippen molar-refractivity contribution in [2.45, 2.75) is 12.6 Å². The fourth-order valence-electron chi connectivity index (χ4n) is 2.47. The number of benzene rings is 2. The van der Waals surface area contributed by atoms with Crippen molar-refractivity contribution >= 4 is 29.1 Å². The van der Waals surface area contributed by atoms with E-state index in [0.29, 0.717) is 11.3 Å². The monoisotopic (exact) mass is 414 g/mol. The third kappa shape index (κ3) is 5.63. The van der Waals surface area contributed by atoms with Crippen molar-refractivity contribution in [3.05, 3.63) is 58.6 Å². The highest BCUT2D eigenvalue weighted by Crippen LogP contribution is 2.36. The summed E-state index contributed by atoms with van der Waals surface area (Å²) in [5, 5.41) is 1.87. The van der Waals surface area contributed by atoms with E-state index in [1.165, 1.54) is 25.1 Å². The van der Waals surface area contributed by atoms with Gasteiger partial charge in [-0.25, -0.2) is 0 Å². The van der Waals surface area contributed by atoms with Gasteiger partial charge in [-0.15, -0.1) is 0 Å². The smallest absolute Gasteiger partial charge is 0.417 e. The Hall–Kier alpha value is -2.74. The van der Waals surface area contributed by atoms with Gasteiger partial charge in [-0.2, -0.15) is 13.2 Å². The summed E-state index contributed by atoms with van der Waals surface area (Å²) < 4.78 is 43.9. The van der Waals surface area contributed by atoms with E-state index in [0.717, 1.165) is 12.1 Å². The maximum Gasteiger partial charge on any atom is 0.417 e. The Labute approximate surface area is 165 Å². The van der Waals surface area contributed by atoms with Crippen molar-refractivity contribution in [1.29, 1.82) is 0 Å². The number of halogens is 4. The highest BCUT2D eigenvalue weighted by atomic mass is 35.5. The van der Waals surface area contributed by atoms with Crippen LogP contribution in [0.2, 0.25) is 5.02 Å². The Bertz CT molecular complexity index is 872. The molecule has 0 aliphatic rings. The number of anilines is 1. The van der Waals surface area contributed by atoms with Gasteiger partial charge in [0.15, 0.2) is 0 Å². The minimum absolute atomic E-state index is 0.0208. The molecule has 5 nitrogen and oxygen atoms in total. The Morgan fingerprint density at radius 3 is 2.50 bits per heavy atom. The lowest BCUT2D eigenvalue weighted by atomic mass is 10.1. The Kier molecular flexibility index (Phi) is 6.90. The summed E-state index contributed by atoms with van der Waals surface area (Å²) in [7, 11) is 2.92. The summed E-state index contributed by atoms with van der Waals surface area (Å²) >= 11 is 5.55. The maximum atomic E-state index is 12.9. The zero-order chi connectivity index (χ0) is 20.9. The average molecular weight is 415 g/mol. The number of ether oxygens (including phenoxy) is 1. The Morgan fingerprint density at radius 1 is 1.18 bits per heavy atom. The van der Waals surface area contributed by atoms with Gasteiger partial charge in [-0.3, -0.25) is 9.59 Å². The predicted octanol–water partition coefficient (Wildman–Crippen LogP) is 4.01. The van der Waals surface area contributed by atoms with Crippen LogP contribution in [0.3, 0.4) is 0 Å². The van der Waals surface area contributed by atoms with E-state index in [9.17, 15) is 22.8 Å². The van der Waals surface area contributed by atoms with Crippen molar-refractivity contribution in [2.75, 3.05) is 26.0 Å². The first-order chi connectivity index (χ1) is 13.1. The van der Waals surface area contributed by atoms with Gasteiger partial charge >= 0.3 is 6.18 Å². The predicted molar refractivity (Wildman–Crippen MR) is 99.4 cm³/mol. The fourth-order valence-corrected chi connectivity index (χ4v) is 2.70. The first-order valence-corrected chi connectivity index (χ1v) is 8.52. The SMILES string of the molecule is COc1ccccc1CC(=O)N(C)CC(=O)Nc1ccc(Cl)c(C(F)(F)F)c1. The van der Waals surface area contributed by atoms with Gasteiger partial charge in [0.05, 0.1) is 30.7 Å². The molecule has 2 rings (SSSR count). The number of hydrogen-bond donors (Lipinski definition) is 1. The lowest BCUT2D eigenvalue weighted by molar-refractivity contribution is -0.137. The number of alkyl halides is 3. The topological polar surface area (TPSA) is 58.6 Å². The lowest BCUT2D eigenvalue weighted by Gasteiger charge is -2.18. The molecule has 2 aromatic rings. The van der Waals surface area contributed by atoms with E-state index in [1.807, 2.05) is 0 Å². The van der Waals surface area contributed by atoms with Crippen molar-refractivity contribution in [1.82, 2.24) is 4.90 Å². The Balaban J connectivity index is 2.00. The molecule has 28 heavy (non-hydrogen) atoms. The van der Waals surface area contributed by atoms with Gasteiger partial charge in [0.1, 0.15) is 5.75 Å². The molecule has 2 amide bonds. The van der Waals surface area contributed by atoms with Gasteiger partial charge < -0.3 is 15.0 Å². The molecule has 150 valence electrons. The molecule has 0 aromatic heterocycles. The number of hydrogen-bond acceptors (Lipinski definition) is 3. The Morgan fingerprint density at radius 2 is 1.86 bits per heavy atom. The zero-order valence-electron chi connectivity index (χ0n) is 15.1. The fraction of sp³-hybridized carbons (Fsp3) is 0.263. The highest BCUT2D eigenvalue weighted by Gasteiger charge is 2.33. The molecule has 0 fully saturated rings. The molecular weight excluding hydrogens is 397 g/mol. The van der Waals surface area contributed by atoms with Crippen LogP contribution >= 0.6 is 11.6 Å². The van der Waals surface area contributed by atoms with Crippen LogP contribution in [0.25, 0.3) is 0 Å². The molecule has 0 saturated carbocycles. The second kappa shape index (κ2) is 8.97. The number of nitrogens with zero attached hydrogens (tertiary/aromatic N) is 1. The van der Waals surface area contributed by atoms with Crippen LogP contribution < -0.4 is 10.1 Å². The molecule has 0 atom stereocenters. The van der Waals surface area contributed by atoms with Crippen LogP contribution in [0.5, 0.6) is 5.75 Å². The molecule has 2 aromatic carbocycles. The summed E-state index contributed by atoms with van der Waals surface area (Å²) in [4.78, 5) is 25.6. The first-order valence-electron chi connectivity index (χ1n) is 8.14. The number of amides is 2. The molecule has 9 heteroatoms. The third-order valence-corrected chi connectivity index (χ3v) is 4.23. The number of likely N-dealkylation sites (N-methyl/N-ethyl adjacent to an activating group) is 1. The minimum Gasteiger partial charge on any atom is -0.496 e. The van der Waals surface area contributed by atoms with Crippen LogP contribution in [-0.2, 0) is 22.2 Å².